The van der Waals surface area contributed by atoms with E-state index in [0.717, 1.165) is 22.3 Å². The predicted octanol–water partition coefficient (Wildman–Crippen LogP) is 1.11. The van der Waals surface area contributed by atoms with Crippen LogP contribution in [0.2, 0.25) is 0 Å². The van der Waals surface area contributed by atoms with Gasteiger partial charge in [-0.15, -0.1) is 0 Å². The highest BCUT2D eigenvalue weighted by molar-refractivity contribution is 5.98. The zero-order valence-corrected chi connectivity index (χ0v) is 18.4. The first-order valence-corrected chi connectivity index (χ1v) is 10.3. The number of nitrogens with one attached hydrogen (secondary N) is 3. The van der Waals surface area contributed by atoms with Crippen molar-refractivity contribution in [2.75, 3.05) is 13.6 Å². The Morgan fingerprint density at radius 3 is 2.62 bits per heavy atom. The second-order valence-electron chi connectivity index (χ2n) is 7.66. The van der Waals surface area contributed by atoms with Crippen LogP contribution in [0.25, 0.3) is 10.9 Å². The van der Waals surface area contributed by atoms with Crippen molar-refractivity contribution in [3.05, 3.63) is 104 Å². The highest BCUT2D eigenvalue weighted by atomic mass is 19.2. The van der Waals surface area contributed by atoms with Crippen LogP contribution in [0.15, 0.2) is 70.0 Å². The minimum Gasteiger partial charge on any atom is -0.348 e. The third kappa shape index (κ3) is 4.46. The molecule has 9 nitrogen and oxygen atoms in total. The summed E-state index contributed by atoms with van der Waals surface area (Å²) in [6.07, 6.45) is 5.29. The van der Waals surface area contributed by atoms with Crippen LogP contribution >= 0.6 is 0 Å². The quantitative estimate of drug-likeness (QED) is 0.501. The van der Waals surface area contributed by atoms with Gasteiger partial charge >= 0.3 is 5.69 Å². The standard InChI is InChI=1S/C23H22F2N6O3/c1-26-31-13-15(7-8-28-31)11-27-21(32)16-4-6-20-17(10-16)22(33)30(23(34)29(20)2)12-14-3-5-18(24)19(25)9-14/h3-10,13,26,28H,11-12H2,1-2H3,(H,27,32). The third-order valence-corrected chi connectivity index (χ3v) is 5.44. The molecule has 176 valence electrons. The lowest BCUT2D eigenvalue weighted by atomic mass is 10.1. The zero-order valence-electron chi connectivity index (χ0n) is 18.4. The van der Waals surface area contributed by atoms with Crippen molar-refractivity contribution in [3.8, 4) is 0 Å². The molecule has 1 aromatic heterocycles. The fraction of sp³-hybridized carbons (Fsp3) is 0.174. The Kier molecular flexibility index (Phi) is 6.28. The van der Waals surface area contributed by atoms with Crippen molar-refractivity contribution in [2.24, 2.45) is 7.05 Å². The molecule has 0 saturated heterocycles. The van der Waals surface area contributed by atoms with Gasteiger partial charge in [0.15, 0.2) is 11.6 Å². The molecule has 0 aliphatic carbocycles. The maximum atomic E-state index is 13.6. The maximum Gasteiger partial charge on any atom is 0.331 e. The average Bonchev–Trinajstić information content (AvgIpc) is 2.85. The van der Waals surface area contributed by atoms with Gasteiger partial charge < -0.3 is 5.32 Å². The van der Waals surface area contributed by atoms with E-state index in [2.05, 4.69) is 16.2 Å². The number of aryl methyl sites for hydroxylation is 1. The molecule has 0 fully saturated rings. The van der Waals surface area contributed by atoms with Crippen LogP contribution in [0.4, 0.5) is 8.78 Å². The van der Waals surface area contributed by atoms with Crippen LogP contribution in [0.1, 0.15) is 15.9 Å². The minimum atomic E-state index is -1.07. The molecule has 0 spiro atoms. The minimum absolute atomic E-state index is 0.152. The van der Waals surface area contributed by atoms with Crippen LogP contribution in [0, 0.1) is 11.6 Å². The summed E-state index contributed by atoms with van der Waals surface area (Å²) in [7, 11) is 3.23. The molecule has 0 radical (unpaired) electrons. The van der Waals surface area contributed by atoms with Crippen LogP contribution in [-0.2, 0) is 13.6 Å². The lowest BCUT2D eigenvalue weighted by Gasteiger charge is -2.23. The second-order valence-corrected chi connectivity index (χ2v) is 7.66. The van der Waals surface area contributed by atoms with Gasteiger partial charge in [-0.3, -0.25) is 24.1 Å². The smallest absolute Gasteiger partial charge is 0.331 e. The van der Waals surface area contributed by atoms with Gasteiger partial charge in [0.1, 0.15) is 0 Å². The van der Waals surface area contributed by atoms with Gasteiger partial charge in [0.25, 0.3) is 11.5 Å². The van der Waals surface area contributed by atoms with Gasteiger partial charge in [-0.05, 0) is 47.5 Å². The van der Waals surface area contributed by atoms with Crippen LogP contribution in [-0.4, -0.2) is 33.8 Å². The van der Waals surface area contributed by atoms with Gasteiger partial charge in [0.05, 0.1) is 17.4 Å². The number of carbonyl (C=O) groups excluding carboxylic acids is 1. The number of amides is 1. The van der Waals surface area contributed by atoms with E-state index in [1.807, 2.05) is 0 Å². The topological polar surface area (TPSA) is 100 Å². The summed E-state index contributed by atoms with van der Waals surface area (Å²) in [5, 5.41) is 4.57. The number of benzene rings is 2. The zero-order chi connectivity index (χ0) is 24.4. The number of hydrazine groups is 2. The molecule has 1 aliphatic rings. The monoisotopic (exact) mass is 468 g/mol. The Balaban J connectivity index is 1.64. The first kappa shape index (κ1) is 22.9. The van der Waals surface area contributed by atoms with E-state index >= 15 is 0 Å². The number of fused-ring (bicyclic) bond motifs is 1. The van der Waals surface area contributed by atoms with Crippen molar-refractivity contribution >= 4 is 16.8 Å². The number of hydrogen-bond donors (Lipinski definition) is 3. The summed E-state index contributed by atoms with van der Waals surface area (Å²) in [4.78, 5) is 38.6. The van der Waals surface area contributed by atoms with Crippen LogP contribution in [0.5, 0.6) is 0 Å². The van der Waals surface area contributed by atoms with Gasteiger partial charge in [0.2, 0.25) is 0 Å². The van der Waals surface area contributed by atoms with Gasteiger partial charge in [0, 0.05) is 38.6 Å². The first-order chi connectivity index (χ1) is 16.3. The molecule has 2 heterocycles. The molecule has 0 atom stereocenters. The van der Waals surface area contributed by atoms with E-state index in [9.17, 15) is 23.2 Å². The molecule has 0 saturated carbocycles. The summed E-state index contributed by atoms with van der Waals surface area (Å²) in [6.45, 7) is 0.00638. The summed E-state index contributed by atoms with van der Waals surface area (Å²) in [5.74, 6) is -2.49. The third-order valence-electron chi connectivity index (χ3n) is 5.44. The number of hydrogen-bond acceptors (Lipinski definition) is 6. The molecule has 4 rings (SSSR count). The summed E-state index contributed by atoms with van der Waals surface area (Å²) >= 11 is 0. The molecule has 3 aromatic rings. The Labute approximate surface area is 192 Å². The molecule has 0 bridgehead atoms. The number of nitrogens with zero attached hydrogens (tertiary/aromatic N) is 3. The number of aromatic nitrogens is 2. The molecule has 1 amide bonds. The number of halogens is 2. The summed E-state index contributed by atoms with van der Waals surface area (Å²) in [5.41, 5.74) is 6.26. The largest absolute Gasteiger partial charge is 0.348 e. The first-order valence-electron chi connectivity index (χ1n) is 10.3. The lowest BCUT2D eigenvalue weighted by Crippen LogP contribution is -2.41. The van der Waals surface area contributed by atoms with Crippen molar-refractivity contribution < 1.29 is 13.6 Å². The molecule has 34 heavy (non-hydrogen) atoms. The normalized spacial score (nSPS) is 13.1. The maximum absolute atomic E-state index is 13.6. The van der Waals surface area contributed by atoms with Crippen LogP contribution < -0.4 is 27.4 Å². The van der Waals surface area contributed by atoms with E-state index in [-0.39, 0.29) is 29.6 Å². The Bertz CT molecular complexity index is 1460. The van der Waals surface area contributed by atoms with E-state index in [4.69, 9.17) is 0 Å². The van der Waals surface area contributed by atoms with Crippen molar-refractivity contribution in [3.63, 3.8) is 0 Å². The van der Waals surface area contributed by atoms with Gasteiger partial charge in [-0.25, -0.2) is 24.1 Å². The molecule has 2 aromatic carbocycles. The van der Waals surface area contributed by atoms with Crippen LogP contribution in [0.3, 0.4) is 0 Å². The molecular weight excluding hydrogens is 446 g/mol. The Morgan fingerprint density at radius 1 is 1.09 bits per heavy atom. The van der Waals surface area contributed by atoms with E-state index in [1.54, 1.807) is 30.6 Å². The number of carbonyl (C=O) groups is 1. The summed E-state index contributed by atoms with van der Waals surface area (Å²) < 4.78 is 29.0. The van der Waals surface area contributed by atoms with E-state index in [1.165, 1.54) is 35.9 Å². The van der Waals surface area contributed by atoms with Crippen molar-refractivity contribution in [1.29, 1.82) is 0 Å². The summed E-state index contributed by atoms with van der Waals surface area (Å²) in [6, 6.07) is 7.66. The Hall–Kier alpha value is -4.25. The van der Waals surface area contributed by atoms with Crippen molar-refractivity contribution in [1.82, 2.24) is 30.4 Å². The highest BCUT2D eigenvalue weighted by Crippen LogP contribution is 2.13. The van der Waals surface area contributed by atoms with Crippen molar-refractivity contribution in [2.45, 2.75) is 6.54 Å². The van der Waals surface area contributed by atoms with E-state index < -0.39 is 28.8 Å². The fourth-order valence-electron chi connectivity index (χ4n) is 3.61. The van der Waals surface area contributed by atoms with Gasteiger partial charge in [-0.2, -0.15) is 0 Å². The second kappa shape index (κ2) is 9.32. The molecule has 11 heteroatoms. The SMILES string of the molecule is CNN1C=C(CNC(=O)c2ccc3c(c2)c(=O)n(Cc2ccc(F)c(F)c2)c(=O)n3C)C=CN1. The van der Waals surface area contributed by atoms with E-state index in [0.29, 0.717) is 5.52 Å². The molecular formula is C23H22F2N6O3. The lowest BCUT2D eigenvalue weighted by molar-refractivity contribution is 0.0957. The number of rotatable bonds is 6. The molecule has 1 aliphatic heterocycles. The molecule has 3 N–H and O–H groups in total. The Morgan fingerprint density at radius 2 is 1.88 bits per heavy atom. The highest BCUT2D eigenvalue weighted by Gasteiger charge is 2.15. The predicted molar refractivity (Wildman–Crippen MR) is 122 cm³/mol. The van der Waals surface area contributed by atoms with Gasteiger partial charge in [-0.1, -0.05) is 6.07 Å². The fourth-order valence-corrected chi connectivity index (χ4v) is 3.61. The molecule has 0 unspecified atom stereocenters. The average molecular weight is 468 g/mol.